The molecule has 0 saturated heterocycles. The van der Waals surface area contributed by atoms with E-state index in [0.717, 1.165) is 0 Å². The smallest absolute Gasteiger partial charge is 0.336 e. The molecular formula is C24H20O8. The van der Waals surface area contributed by atoms with Crippen molar-refractivity contribution >= 4 is 40.8 Å². The zero-order chi connectivity index (χ0) is 23.3. The molecular weight excluding hydrogens is 416 g/mol. The second kappa shape index (κ2) is 9.74. The molecule has 0 radical (unpaired) electrons. The zero-order valence-corrected chi connectivity index (χ0v) is 17.7. The second-order valence-electron chi connectivity index (χ2n) is 6.73. The number of allylic oxidation sites excluding steroid dienone is 1. The van der Waals surface area contributed by atoms with Crippen LogP contribution in [0.15, 0.2) is 51.7 Å². The molecule has 0 aliphatic heterocycles. The maximum absolute atomic E-state index is 12.4. The number of carbonyl (C=O) groups is 3. The number of ether oxygens (including phenoxy) is 3. The van der Waals surface area contributed by atoms with Gasteiger partial charge in [-0.3, -0.25) is 14.4 Å². The molecule has 1 heterocycles. The number of aldehydes is 1. The Hall–Kier alpha value is -4.20. The molecule has 0 fully saturated rings. The number of carbonyl (C=O) groups excluding carboxylic acids is 3. The van der Waals surface area contributed by atoms with E-state index >= 15 is 0 Å². The van der Waals surface area contributed by atoms with Crippen molar-refractivity contribution in [2.24, 2.45) is 0 Å². The van der Waals surface area contributed by atoms with E-state index in [4.69, 9.17) is 18.6 Å². The molecule has 164 valence electrons. The maximum Gasteiger partial charge on any atom is 0.336 e. The van der Waals surface area contributed by atoms with Gasteiger partial charge in [0.15, 0.2) is 6.29 Å². The molecule has 0 aliphatic rings. The van der Waals surface area contributed by atoms with Gasteiger partial charge < -0.3 is 18.6 Å². The molecule has 0 atom stereocenters. The lowest BCUT2D eigenvalue weighted by molar-refractivity contribution is -0.142. The van der Waals surface area contributed by atoms with E-state index in [1.807, 2.05) is 0 Å². The number of para-hydroxylation sites is 1. The van der Waals surface area contributed by atoms with Gasteiger partial charge in [-0.1, -0.05) is 18.2 Å². The first kappa shape index (κ1) is 22.5. The Balaban J connectivity index is 2.27. The SMILES string of the molecule is COc1ccccc1/C=C(\C=O)c1cc(=O)oc2c(COC(C)=O)c(OC(C)=O)ccc12. The van der Waals surface area contributed by atoms with Crippen LogP contribution in [0.4, 0.5) is 0 Å². The van der Waals surface area contributed by atoms with Gasteiger partial charge in [-0.2, -0.15) is 0 Å². The highest BCUT2D eigenvalue weighted by Gasteiger charge is 2.19. The molecule has 3 aromatic rings. The molecule has 0 saturated carbocycles. The zero-order valence-electron chi connectivity index (χ0n) is 17.7. The van der Waals surface area contributed by atoms with Crippen molar-refractivity contribution in [3.05, 3.63) is 69.6 Å². The van der Waals surface area contributed by atoms with Crippen molar-refractivity contribution in [3.8, 4) is 11.5 Å². The lowest BCUT2D eigenvalue weighted by Gasteiger charge is -2.13. The first-order chi connectivity index (χ1) is 15.3. The van der Waals surface area contributed by atoms with Crippen LogP contribution in [0.25, 0.3) is 22.6 Å². The van der Waals surface area contributed by atoms with Crippen molar-refractivity contribution in [2.45, 2.75) is 20.5 Å². The monoisotopic (exact) mass is 436 g/mol. The number of methoxy groups -OCH3 is 1. The minimum absolute atomic E-state index is 0.0419. The first-order valence-electron chi connectivity index (χ1n) is 9.55. The highest BCUT2D eigenvalue weighted by Crippen LogP contribution is 2.33. The summed E-state index contributed by atoms with van der Waals surface area (Å²) in [7, 11) is 1.51. The van der Waals surface area contributed by atoms with Crippen LogP contribution in [0.5, 0.6) is 11.5 Å². The number of hydrogen-bond acceptors (Lipinski definition) is 8. The normalized spacial score (nSPS) is 11.2. The Kier molecular flexibility index (Phi) is 6.84. The Bertz CT molecular complexity index is 1280. The standard InChI is InChI=1S/C24H20O8/c1-14(26)30-13-20-22(31-15(2)27)9-8-18-19(11-23(28)32-24(18)20)17(12-25)10-16-6-4-5-7-21(16)29-3/h4-12H,13H2,1-3H3/b17-10+. The summed E-state index contributed by atoms with van der Waals surface area (Å²) < 4.78 is 20.9. The van der Waals surface area contributed by atoms with E-state index < -0.39 is 17.6 Å². The molecule has 0 bridgehead atoms. The summed E-state index contributed by atoms with van der Waals surface area (Å²) in [6, 6.07) is 11.3. The van der Waals surface area contributed by atoms with Gasteiger partial charge in [0.2, 0.25) is 0 Å². The second-order valence-corrected chi connectivity index (χ2v) is 6.73. The first-order valence-corrected chi connectivity index (χ1v) is 9.55. The van der Waals surface area contributed by atoms with Crippen LogP contribution in [-0.4, -0.2) is 25.3 Å². The van der Waals surface area contributed by atoms with Crippen molar-refractivity contribution < 1.29 is 33.0 Å². The molecule has 32 heavy (non-hydrogen) atoms. The lowest BCUT2D eigenvalue weighted by atomic mass is 9.98. The molecule has 0 unspecified atom stereocenters. The lowest BCUT2D eigenvalue weighted by Crippen LogP contribution is -2.09. The fraction of sp³-hybridized carbons (Fsp3) is 0.167. The quantitative estimate of drug-likeness (QED) is 0.182. The fourth-order valence-electron chi connectivity index (χ4n) is 3.19. The van der Waals surface area contributed by atoms with Crippen LogP contribution >= 0.6 is 0 Å². The number of benzene rings is 2. The van der Waals surface area contributed by atoms with Gasteiger partial charge in [0.05, 0.1) is 12.7 Å². The van der Waals surface area contributed by atoms with Crippen LogP contribution in [0.2, 0.25) is 0 Å². The number of rotatable bonds is 7. The topological polar surface area (TPSA) is 109 Å². The molecule has 0 amide bonds. The van der Waals surface area contributed by atoms with E-state index in [0.29, 0.717) is 28.5 Å². The molecule has 8 nitrogen and oxygen atoms in total. The predicted molar refractivity (Wildman–Crippen MR) is 116 cm³/mol. The average Bonchev–Trinajstić information content (AvgIpc) is 2.75. The van der Waals surface area contributed by atoms with Crippen LogP contribution in [0.1, 0.15) is 30.5 Å². The van der Waals surface area contributed by atoms with Gasteiger partial charge in [0.25, 0.3) is 0 Å². The highest BCUT2D eigenvalue weighted by molar-refractivity contribution is 6.17. The minimum Gasteiger partial charge on any atom is -0.496 e. The molecule has 0 spiro atoms. The van der Waals surface area contributed by atoms with Gasteiger partial charge >= 0.3 is 17.6 Å². The number of fused-ring (bicyclic) bond motifs is 1. The van der Waals surface area contributed by atoms with E-state index in [1.54, 1.807) is 36.4 Å². The largest absolute Gasteiger partial charge is 0.496 e. The van der Waals surface area contributed by atoms with Gasteiger partial charge in [-0.15, -0.1) is 0 Å². The minimum atomic E-state index is -0.732. The molecule has 0 N–H and O–H groups in total. The van der Waals surface area contributed by atoms with E-state index in [9.17, 15) is 19.2 Å². The van der Waals surface area contributed by atoms with Crippen molar-refractivity contribution in [2.75, 3.05) is 7.11 Å². The van der Waals surface area contributed by atoms with Crippen molar-refractivity contribution in [1.29, 1.82) is 0 Å². The van der Waals surface area contributed by atoms with E-state index in [1.165, 1.54) is 33.1 Å². The molecule has 2 aromatic carbocycles. The van der Waals surface area contributed by atoms with Gasteiger partial charge in [-0.25, -0.2) is 4.79 Å². The molecule has 1 aromatic heterocycles. The third-order valence-electron chi connectivity index (χ3n) is 4.53. The summed E-state index contributed by atoms with van der Waals surface area (Å²) in [5.41, 5.74) is 0.635. The van der Waals surface area contributed by atoms with E-state index in [2.05, 4.69) is 0 Å². The number of hydrogen-bond donors (Lipinski definition) is 0. The Labute approximate surface area is 183 Å². The van der Waals surface area contributed by atoms with Crippen LogP contribution in [0.3, 0.4) is 0 Å². The Morgan fingerprint density at radius 2 is 1.78 bits per heavy atom. The van der Waals surface area contributed by atoms with Crippen LogP contribution in [-0.2, 0) is 25.7 Å². The molecule has 3 rings (SSSR count). The van der Waals surface area contributed by atoms with Crippen molar-refractivity contribution in [3.63, 3.8) is 0 Å². The summed E-state index contributed by atoms with van der Waals surface area (Å²) in [5, 5.41) is 0.399. The highest BCUT2D eigenvalue weighted by atomic mass is 16.5. The fourth-order valence-corrected chi connectivity index (χ4v) is 3.19. The third kappa shape index (κ3) is 4.92. The molecule has 0 aliphatic carbocycles. The van der Waals surface area contributed by atoms with Crippen LogP contribution < -0.4 is 15.1 Å². The van der Waals surface area contributed by atoms with E-state index in [-0.39, 0.29) is 29.1 Å². The maximum atomic E-state index is 12.4. The summed E-state index contributed by atoms with van der Waals surface area (Å²) >= 11 is 0. The third-order valence-corrected chi connectivity index (χ3v) is 4.53. The van der Waals surface area contributed by atoms with Gasteiger partial charge in [-0.05, 0) is 24.3 Å². The van der Waals surface area contributed by atoms with Crippen molar-refractivity contribution in [1.82, 2.24) is 0 Å². The van der Waals surface area contributed by atoms with Gasteiger partial charge in [0.1, 0.15) is 23.7 Å². The molecule has 8 heteroatoms. The van der Waals surface area contributed by atoms with Gasteiger partial charge in [0, 0.05) is 42.0 Å². The van der Waals surface area contributed by atoms with Crippen LogP contribution in [0, 0.1) is 0 Å². The summed E-state index contributed by atoms with van der Waals surface area (Å²) in [4.78, 5) is 47.2. The summed E-state index contributed by atoms with van der Waals surface area (Å²) in [6.07, 6.45) is 2.21. The summed E-state index contributed by atoms with van der Waals surface area (Å²) in [5.74, 6) is -0.546. The average molecular weight is 436 g/mol. The Morgan fingerprint density at radius 3 is 2.44 bits per heavy atom. The summed E-state index contributed by atoms with van der Waals surface area (Å²) in [6.45, 7) is 2.14. The predicted octanol–water partition coefficient (Wildman–Crippen LogP) is 3.53. The number of esters is 2. The Morgan fingerprint density at radius 1 is 1.03 bits per heavy atom.